The molecule has 2 amide bonds. The van der Waals surface area contributed by atoms with Crippen LogP contribution in [0.2, 0.25) is 5.02 Å². The maximum Gasteiger partial charge on any atom is 0.471 e. The summed E-state index contributed by atoms with van der Waals surface area (Å²) in [5.41, 5.74) is 0.774. The van der Waals surface area contributed by atoms with Crippen LogP contribution in [0, 0.1) is 0 Å². The van der Waals surface area contributed by atoms with E-state index in [1.54, 1.807) is 35.2 Å². The highest BCUT2D eigenvalue weighted by Gasteiger charge is 2.38. The SMILES string of the molecule is COc1ccc(Cl)cc1NC(=O)N1CCN(c2ccc(-c3noc(C(F)(F)F)n3)cn2)CC1. The Bertz CT molecular complexity index is 1130. The van der Waals surface area contributed by atoms with Crippen molar-refractivity contribution in [2.45, 2.75) is 6.18 Å². The van der Waals surface area contributed by atoms with E-state index in [4.69, 9.17) is 16.3 Å². The molecule has 1 N–H and O–H groups in total. The van der Waals surface area contributed by atoms with Crippen molar-refractivity contribution in [3.63, 3.8) is 0 Å². The van der Waals surface area contributed by atoms with E-state index >= 15 is 0 Å². The van der Waals surface area contributed by atoms with Crippen LogP contribution in [-0.4, -0.2) is 59.3 Å². The molecular formula is C20H18ClF3N6O3. The summed E-state index contributed by atoms with van der Waals surface area (Å²) in [6.45, 7) is 1.93. The molecule has 0 radical (unpaired) electrons. The number of urea groups is 1. The molecule has 0 aliphatic carbocycles. The van der Waals surface area contributed by atoms with Gasteiger partial charge >= 0.3 is 18.1 Å². The lowest BCUT2D eigenvalue weighted by Gasteiger charge is -2.35. The summed E-state index contributed by atoms with van der Waals surface area (Å²) in [6.07, 6.45) is -3.33. The van der Waals surface area contributed by atoms with E-state index in [0.717, 1.165) is 0 Å². The molecule has 0 atom stereocenters. The van der Waals surface area contributed by atoms with Crippen molar-refractivity contribution in [2.24, 2.45) is 0 Å². The number of aromatic nitrogens is 3. The van der Waals surface area contributed by atoms with Crippen LogP contribution in [0.25, 0.3) is 11.4 Å². The zero-order valence-electron chi connectivity index (χ0n) is 17.3. The summed E-state index contributed by atoms with van der Waals surface area (Å²) < 4.78 is 47.4. The van der Waals surface area contributed by atoms with E-state index in [-0.39, 0.29) is 11.9 Å². The topological polar surface area (TPSA) is 96.6 Å². The molecule has 3 aromatic rings. The summed E-state index contributed by atoms with van der Waals surface area (Å²) in [7, 11) is 1.50. The molecule has 174 valence electrons. The number of alkyl halides is 3. The molecule has 1 fully saturated rings. The lowest BCUT2D eigenvalue weighted by Crippen LogP contribution is -2.50. The minimum Gasteiger partial charge on any atom is -0.495 e. The first-order chi connectivity index (χ1) is 15.7. The smallest absolute Gasteiger partial charge is 0.471 e. The Labute approximate surface area is 191 Å². The molecule has 3 heterocycles. The number of methoxy groups -OCH3 is 1. The highest BCUT2D eigenvalue weighted by atomic mass is 35.5. The molecule has 9 nitrogen and oxygen atoms in total. The van der Waals surface area contributed by atoms with Gasteiger partial charge < -0.3 is 24.4 Å². The van der Waals surface area contributed by atoms with Gasteiger partial charge in [-0.3, -0.25) is 0 Å². The zero-order chi connectivity index (χ0) is 23.6. The van der Waals surface area contributed by atoms with Crippen LogP contribution in [-0.2, 0) is 6.18 Å². The number of nitrogens with zero attached hydrogens (tertiary/aromatic N) is 5. The molecule has 1 aliphatic heterocycles. The molecule has 0 spiro atoms. The number of rotatable bonds is 4. The average Bonchev–Trinajstić information content (AvgIpc) is 3.31. The van der Waals surface area contributed by atoms with Crippen molar-refractivity contribution in [3.05, 3.63) is 47.4 Å². The third-order valence-electron chi connectivity index (χ3n) is 4.97. The number of anilines is 2. The minimum absolute atomic E-state index is 0.195. The number of hydrogen-bond donors (Lipinski definition) is 1. The lowest BCUT2D eigenvalue weighted by atomic mass is 10.2. The first kappa shape index (κ1) is 22.6. The van der Waals surface area contributed by atoms with Gasteiger partial charge in [-0.05, 0) is 30.3 Å². The van der Waals surface area contributed by atoms with Crippen LogP contribution in [0.1, 0.15) is 5.89 Å². The van der Waals surface area contributed by atoms with Crippen LogP contribution < -0.4 is 15.0 Å². The van der Waals surface area contributed by atoms with Crippen molar-refractivity contribution in [1.82, 2.24) is 20.0 Å². The van der Waals surface area contributed by atoms with Crippen molar-refractivity contribution in [1.29, 1.82) is 0 Å². The van der Waals surface area contributed by atoms with Gasteiger partial charge in [-0.2, -0.15) is 18.2 Å². The third kappa shape index (κ3) is 5.11. The predicted octanol–water partition coefficient (Wildman–Crippen LogP) is 4.17. The van der Waals surface area contributed by atoms with Gasteiger partial charge in [0.15, 0.2) is 0 Å². The number of pyridine rings is 1. The molecule has 1 aromatic carbocycles. The zero-order valence-corrected chi connectivity index (χ0v) is 18.0. The number of ether oxygens (including phenoxy) is 1. The molecule has 4 rings (SSSR count). The quantitative estimate of drug-likeness (QED) is 0.596. The fourth-order valence-electron chi connectivity index (χ4n) is 3.27. The van der Waals surface area contributed by atoms with Crippen LogP contribution in [0.4, 0.5) is 29.5 Å². The van der Waals surface area contributed by atoms with Crippen LogP contribution in [0.15, 0.2) is 41.1 Å². The molecule has 0 saturated carbocycles. The number of nitrogens with one attached hydrogen (secondary N) is 1. The average molecular weight is 483 g/mol. The van der Waals surface area contributed by atoms with E-state index in [0.29, 0.717) is 54.0 Å². The van der Waals surface area contributed by atoms with E-state index in [1.165, 1.54) is 13.3 Å². The van der Waals surface area contributed by atoms with E-state index in [2.05, 4.69) is 25.0 Å². The molecule has 1 saturated heterocycles. The molecule has 0 bridgehead atoms. The fraction of sp³-hybridized carbons (Fsp3) is 0.300. The Kier molecular flexibility index (Phi) is 6.27. The number of piperazine rings is 1. The molecule has 0 unspecified atom stereocenters. The molecular weight excluding hydrogens is 465 g/mol. The number of amides is 2. The summed E-state index contributed by atoms with van der Waals surface area (Å²) in [5, 5.41) is 6.63. The molecule has 33 heavy (non-hydrogen) atoms. The van der Waals surface area contributed by atoms with E-state index in [9.17, 15) is 18.0 Å². The summed E-state index contributed by atoms with van der Waals surface area (Å²) in [5.74, 6) is -0.486. The second-order valence-electron chi connectivity index (χ2n) is 7.07. The van der Waals surface area contributed by atoms with Gasteiger partial charge in [0.25, 0.3) is 0 Å². The lowest BCUT2D eigenvalue weighted by molar-refractivity contribution is -0.159. The number of benzene rings is 1. The largest absolute Gasteiger partial charge is 0.495 e. The number of carbonyl (C=O) groups excluding carboxylic acids is 1. The van der Waals surface area contributed by atoms with Crippen molar-refractivity contribution in [2.75, 3.05) is 43.5 Å². The van der Waals surface area contributed by atoms with Crippen molar-refractivity contribution >= 4 is 29.1 Å². The molecule has 13 heteroatoms. The van der Waals surface area contributed by atoms with Crippen molar-refractivity contribution < 1.29 is 27.2 Å². The van der Waals surface area contributed by atoms with Gasteiger partial charge in [-0.15, -0.1) is 0 Å². The van der Waals surface area contributed by atoms with E-state index in [1.807, 2.05) is 4.90 Å². The Morgan fingerprint density at radius 1 is 1.18 bits per heavy atom. The van der Waals surface area contributed by atoms with Gasteiger partial charge in [0.1, 0.15) is 11.6 Å². The second kappa shape index (κ2) is 9.14. The standard InChI is InChI=1S/C20H18ClF3N6O3/c1-32-15-4-3-13(21)10-14(15)26-19(31)30-8-6-29(7-9-30)16-5-2-12(11-25-16)17-27-18(33-28-17)20(22,23)24/h2-5,10-11H,6-9H2,1H3,(H,26,31). The van der Waals surface area contributed by atoms with Crippen LogP contribution in [0.3, 0.4) is 0 Å². The first-order valence-electron chi connectivity index (χ1n) is 9.76. The number of halogens is 4. The number of carbonyl (C=O) groups is 1. The normalized spacial score (nSPS) is 14.3. The summed E-state index contributed by atoms with van der Waals surface area (Å²) >= 11 is 6.00. The van der Waals surface area contributed by atoms with Crippen LogP contribution >= 0.6 is 11.6 Å². The predicted molar refractivity (Wildman–Crippen MR) is 113 cm³/mol. The Balaban J connectivity index is 1.35. The minimum atomic E-state index is -4.71. The van der Waals surface area contributed by atoms with Gasteiger partial charge in [0.05, 0.1) is 12.8 Å². The monoisotopic (exact) mass is 482 g/mol. The Morgan fingerprint density at radius 3 is 2.55 bits per heavy atom. The Morgan fingerprint density at radius 2 is 1.94 bits per heavy atom. The van der Waals surface area contributed by atoms with Crippen LogP contribution in [0.5, 0.6) is 5.75 Å². The first-order valence-corrected chi connectivity index (χ1v) is 10.1. The Hall–Kier alpha value is -3.54. The molecule has 2 aromatic heterocycles. The van der Waals surface area contributed by atoms with E-state index < -0.39 is 12.1 Å². The highest BCUT2D eigenvalue weighted by molar-refractivity contribution is 6.31. The third-order valence-corrected chi connectivity index (χ3v) is 5.20. The van der Waals surface area contributed by atoms with Crippen molar-refractivity contribution in [3.8, 4) is 17.1 Å². The van der Waals surface area contributed by atoms with Gasteiger partial charge in [0.2, 0.25) is 5.82 Å². The fourth-order valence-corrected chi connectivity index (χ4v) is 3.44. The van der Waals surface area contributed by atoms with Gasteiger partial charge in [-0.25, -0.2) is 9.78 Å². The number of hydrogen-bond acceptors (Lipinski definition) is 7. The highest BCUT2D eigenvalue weighted by Crippen LogP contribution is 2.30. The van der Waals surface area contributed by atoms with Gasteiger partial charge in [0, 0.05) is 43.0 Å². The van der Waals surface area contributed by atoms with Gasteiger partial charge in [-0.1, -0.05) is 16.8 Å². The maximum atomic E-state index is 12.6. The molecule has 1 aliphatic rings. The summed E-state index contributed by atoms with van der Waals surface area (Å²) in [6, 6.07) is 7.89. The second-order valence-corrected chi connectivity index (χ2v) is 7.51. The maximum absolute atomic E-state index is 12.6. The summed E-state index contributed by atoms with van der Waals surface area (Å²) in [4.78, 5) is 23.9.